The third-order valence-corrected chi connectivity index (χ3v) is 2.52. The van der Waals surface area contributed by atoms with Gasteiger partial charge < -0.3 is 10.4 Å². The van der Waals surface area contributed by atoms with Crippen molar-refractivity contribution in [1.82, 2.24) is 14.6 Å². The van der Waals surface area contributed by atoms with Gasteiger partial charge in [-0.25, -0.2) is 9.50 Å². The van der Waals surface area contributed by atoms with Gasteiger partial charge in [0.25, 0.3) is 0 Å². The first-order valence-electron chi connectivity index (χ1n) is 5.53. The van der Waals surface area contributed by atoms with Crippen LogP contribution in [-0.4, -0.2) is 32.2 Å². The molecule has 0 amide bonds. The quantitative estimate of drug-likeness (QED) is 0.776. The van der Waals surface area contributed by atoms with Gasteiger partial charge in [0.2, 0.25) is 0 Å². The molecule has 0 aliphatic rings. The highest BCUT2D eigenvalue weighted by atomic mass is 16.4. The van der Waals surface area contributed by atoms with E-state index in [4.69, 9.17) is 5.11 Å². The highest BCUT2D eigenvalue weighted by Gasteiger charge is 2.13. The monoisotopic (exact) mass is 246 g/mol. The molecule has 0 fully saturated rings. The summed E-state index contributed by atoms with van der Waals surface area (Å²) in [6.45, 7) is 5.99. The molecule has 6 nitrogen and oxygen atoms in total. The van der Waals surface area contributed by atoms with E-state index in [0.717, 1.165) is 0 Å². The van der Waals surface area contributed by atoms with Crippen LogP contribution in [0, 0.1) is 6.92 Å². The van der Waals surface area contributed by atoms with Crippen LogP contribution in [0.5, 0.6) is 0 Å². The topological polar surface area (TPSA) is 79.5 Å². The molecule has 2 heterocycles. The van der Waals surface area contributed by atoms with Crippen LogP contribution in [0.3, 0.4) is 0 Å². The number of aliphatic carboxylic acids is 1. The second-order valence-electron chi connectivity index (χ2n) is 3.87. The van der Waals surface area contributed by atoms with Gasteiger partial charge in [0.15, 0.2) is 5.65 Å². The molecule has 0 saturated carbocycles. The van der Waals surface area contributed by atoms with Crippen LogP contribution >= 0.6 is 0 Å². The van der Waals surface area contributed by atoms with Crippen LogP contribution in [0.2, 0.25) is 0 Å². The number of nitrogens with one attached hydrogen (secondary N) is 1. The maximum Gasteiger partial charge on any atom is 0.309 e. The van der Waals surface area contributed by atoms with Crippen molar-refractivity contribution < 1.29 is 9.90 Å². The maximum atomic E-state index is 10.8. The summed E-state index contributed by atoms with van der Waals surface area (Å²) in [5, 5.41) is 16.3. The average Bonchev–Trinajstić information content (AvgIpc) is 2.63. The van der Waals surface area contributed by atoms with E-state index < -0.39 is 5.97 Å². The number of hydrogen-bond acceptors (Lipinski definition) is 4. The third kappa shape index (κ3) is 2.32. The fraction of sp³-hybridized carbons (Fsp3) is 0.250. The zero-order valence-corrected chi connectivity index (χ0v) is 10.1. The fourth-order valence-electron chi connectivity index (χ4n) is 1.71. The largest absolute Gasteiger partial charge is 0.481 e. The molecule has 0 bridgehead atoms. The number of aryl methyl sites for hydroxylation is 1. The summed E-state index contributed by atoms with van der Waals surface area (Å²) in [5.41, 5.74) is 1.93. The Morgan fingerprint density at radius 3 is 3.06 bits per heavy atom. The second kappa shape index (κ2) is 4.87. The number of carbonyl (C=O) groups is 1. The maximum absolute atomic E-state index is 10.8. The number of fused-ring (bicyclic) bond motifs is 1. The van der Waals surface area contributed by atoms with Crippen LogP contribution in [0.25, 0.3) is 5.65 Å². The van der Waals surface area contributed by atoms with Crippen LogP contribution in [0.1, 0.15) is 11.4 Å². The lowest BCUT2D eigenvalue weighted by atomic mass is 10.3. The molecule has 18 heavy (non-hydrogen) atoms. The Kier molecular flexibility index (Phi) is 3.27. The van der Waals surface area contributed by atoms with E-state index in [0.29, 0.717) is 29.4 Å². The van der Waals surface area contributed by atoms with Crippen LogP contribution in [0.15, 0.2) is 24.8 Å². The number of imidazole rings is 1. The van der Waals surface area contributed by atoms with Crippen molar-refractivity contribution >= 4 is 17.4 Å². The summed E-state index contributed by atoms with van der Waals surface area (Å²) in [4.78, 5) is 15.1. The molecule has 0 spiro atoms. The van der Waals surface area contributed by atoms with Gasteiger partial charge in [-0.1, -0.05) is 6.08 Å². The van der Waals surface area contributed by atoms with Gasteiger partial charge in [0, 0.05) is 6.54 Å². The normalized spacial score (nSPS) is 10.5. The Morgan fingerprint density at radius 1 is 1.61 bits per heavy atom. The standard InChI is InChI=1S/C12H14N4O2/c1-3-6-13-10-4-5-11-14-8(2)9(7-12(17)18)16(11)15-10/h3-5H,1,6-7H2,2H3,(H,13,15)(H,17,18). The molecule has 2 N–H and O–H groups in total. The molecule has 0 aliphatic heterocycles. The summed E-state index contributed by atoms with van der Waals surface area (Å²) < 4.78 is 1.56. The molecule has 0 saturated heterocycles. The number of aromatic nitrogens is 3. The van der Waals surface area contributed by atoms with E-state index in [2.05, 4.69) is 22.0 Å². The second-order valence-corrected chi connectivity index (χ2v) is 3.87. The number of nitrogens with zero attached hydrogens (tertiary/aromatic N) is 3. The van der Waals surface area contributed by atoms with Crippen LogP contribution in [-0.2, 0) is 11.2 Å². The SMILES string of the molecule is C=CCNc1ccc2nc(C)c(CC(=O)O)n2n1. The van der Waals surface area contributed by atoms with E-state index in [1.807, 2.05) is 0 Å². The lowest BCUT2D eigenvalue weighted by molar-refractivity contribution is -0.136. The van der Waals surface area contributed by atoms with Gasteiger partial charge in [-0.05, 0) is 19.1 Å². The van der Waals surface area contributed by atoms with Crippen molar-refractivity contribution in [3.05, 3.63) is 36.2 Å². The van der Waals surface area contributed by atoms with Crippen molar-refractivity contribution in [2.45, 2.75) is 13.3 Å². The Labute approximate surface area is 104 Å². The zero-order valence-electron chi connectivity index (χ0n) is 10.1. The number of anilines is 1. The van der Waals surface area contributed by atoms with Crippen LogP contribution < -0.4 is 5.32 Å². The van der Waals surface area contributed by atoms with Gasteiger partial charge >= 0.3 is 5.97 Å². The minimum Gasteiger partial charge on any atom is -0.481 e. The number of hydrogen-bond donors (Lipinski definition) is 2. The molecule has 0 atom stereocenters. The minimum absolute atomic E-state index is 0.0923. The Balaban J connectivity index is 2.45. The summed E-state index contributed by atoms with van der Waals surface area (Å²) in [6, 6.07) is 3.60. The smallest absolute Gasteiger partial charge is 0.309 e. The highest BCUT2D eigenvalue weighted by molar-refractivity contribution is 5.70. The Morgan fingerprint density at radius 2 is 2.39 bits per heavy atom. The highest BCUT2D eigenvalue weighted by Crippen LogP contribution is 2.13. The van der Waals surface area contributed by atoms with Gasteiger partial charge in [0.1, 0.15) is 5.82 Å². The molecule has 94 valence electrons. The average molecular weight is 246 g/mol. The predicted molar refractivity (Wildman–Crippen MR) is 67.8 cm³/mol. The minimum atomic E-state index is -0.897. The first-order chi connectivity index (χ1) is 8.61. The van der Waals surface area contributed by atoms with Crippen molar-refractivity contribution in [2.24, 2.45) is 0 Å². The molecule has 0 aliphatic carbocycles. The lowest BCUT2D eigenvalue weighted by Gasteiger charge is -2.04. The molecular weight excluding hydrogens is 232 g/mol. The third-order valence-electron chi connectivity index (χ3n) is 2.52. The molecular formula is C12H14N4O2. The van der Waals surface area contributed by atoms with E-state index in [1.54, 1.807) is 29.6 Å². The molecule has 0 radical (unpaired) electrons. The van der Waals surface area contributed by atoms with Gasteiger partial charge in [0.05, 0.1) is 17.8 Å². The van der Waals surface area contributed by atoms with Gasteiger partial charge in [-0.2, -0.15) is 0 Å². The summed E-state index contributed by atoms with van der Waals surface area (Å²) in [6.07, 6.45) is 1.63. The number of carboxylic acid groups (broad SMARTS) is 1. The predicted octanol–water partition coefficient (Wildman–Crippen LogP) is 1.26. The molecule has 6 heteroatoms. The Hall–Kier alpha value is -2.37. The first kappa shape index (κ1) is 12.1. The lowest BCUT2D eigenvalue weighted by Crippen LogP contribution is -2.08. The summed E-state index contributed by atoms with van der Waals surface area (Å²) in [5.74, 6) is -0.238. The van der Waals surface area contributed by atoms with Gasteiger partial charge in [-0.3, -0.25) is 4.79 Å². The summed E-state index contributed by atoms with van der Waals surface area (Å²) >= 11 is 0. The number of rotatable bonds is 5. The van der Waals surface area contributed by atoms with Crippen LogP contribution in [0.4, 0.5) is 5.82 Å². The number of carboxylic acids is 1. The van der Waals surface area contributed by atoms with Crippen molar-refractivity contribution in [2.75, 3.05) is 11.9 Å². The first-order valence-corrected chi connectivity index (χ1v) is 5.53. The van der Waals surface area contributed by atoms with Gasteiger partial charge in [-0.15, -0.1) is 11.7 Å². The summed E-state index contributed by atoms with van der Waals surface area (Å²) in [7, 11) is 0. The van der Waals surface area contributed by atoms with E-state index >= 15 is 0 Å². The van der Waals surface area contributed by atoms with Crippen molar-refractivity contribution in [1.29, 1.82) is 0 Å². The Bertz CT molecular complexity index is 603. The molecule has 0 aromatic carbocycles. The molecule has 2 aromatic rings. The van der Waals surface area contributed by atoms with E-state index in [-0.39, 0.29) is 6.42 Å². The van der Waals surface area contributed by atoms with Crippen molar-refractivity contribution in [3.8, 4) is 0 Å². The van der Waals surface area contributed by atoms with Crippen molar-refractivity contribution in [3.63, 3.8) is 0 Å². The van der Waals surface area contributed by atoms with E-state index in [1.165, 1.54) is 0 Å². The molecule has 2 aromatic heterocycles. The molecule has 0 unspecified atom stereocenters. The molecule has 2 rings (SSSR count). The zero-order chi connectivity index (χ0) is 13.1. The fourth-order valence-corrected chi connectivity index (χ4v) is 1.71. The van der Waals surface area contributed by atoms with E-state index in [9.17, 15) is 4.79 Å².